The van der Waals surface area contributed by atoms with E-state index in [1.165, 1.54) is 18.4 Å². The van der Waals surface area contributed by atoms with Gasteiger partial charge in [-0.25, -0.2) is 4.98 Å². The van der Waals surface area contributed by atoms with Gasteiger partial charge in [-0.1, -0.05) is 6.07 Å². The van der Waals surface area contributed by atoms with Crippen LogP contribution in [0.2, 0.25) is 0 Å². The van der Waals surface area contributed by atoms with Crippen LogP contribution in [0.5, 0.6) is 11.5 Å². The second kappa shape index (κ2) is 7.85. The summed E-state index contributed by atoms with van der Waals surface area (Å²) in [5.74, 6) is 0.841. The Morgan fingerprint density at radius 2 is 2.24 bits per heavy atom. The number of esters is 1. The van der Waals surface area contributed by atoms with E-state index in [2.05, 4.69) is 4.98 Å². The zero-order chi connectivity index (χ0) is 17.6. The van der Waals surface area contributed by atoms with Gasteiger partial charge >= 0.3 is 5.97 Å². The number of methoxy groups -OCH3 is 1. The summed E-state index contributed by atoms with van der Waals surface area (Å²) >= 11 is 1.44. The maximum atomic E-state index is 11.9. The number of phenols is 1. The van der Waals surface area contributed by atoms with E-state index in [1.807, 2.05) is 17.5 Å². The van der Waals surface area contributed by atoms with Crippen LogP contribution >= 0.6 is 11.3 Å². The number of hydrogen-bond donors (Lipinski definition) is 1. The summed E-state index contributed by atoms with van der Waals surface area (Å²) in [5.41, 5.74) is 1.52. The molecule has 0 aliphatic carbocycles. The Morgan fingerprint density at radius 3 is 2.96 bits per heavy atom. The van der Waals surface area contributed by atoms with Gasteiger partial charge in [0.25, 0.3) is 0 Å². The molecule has 0 saturated heterocycles. The van der Waals surface area contributed by atoms with Gasteiger partial charge in [-0.05, 0) is 36.2 Å². The molecule has 1 aromatic carbocycles. The van der Waals surface area contributed by atoms with Crippen LogP contribution < -0.4 is 4.74 Å². The fourth-order valence-corrected chi connectivity index (χ4v) is 3.02. The highest BCUT2D eigenvalue weighted by molar-refractivity contribution is 7.13. The van der Waals surface area contributed by atoms with E-state index in [0.717, 1.165) is 10.6 Å². The highest BCUT2D eigenvalue weighted by atomic mass is 32.1. The van der Waals surface area contributed by atoms with Crippen molar-refractivity contribution in [1.29, 1.82) is 0 Å². The summed E-state index contributed by atoms with van der Waals surface area (Å²) in [4.78, 5) is 16.3. The Morgan fingerprint density at radius 1 is 1.36 bits per heavy atom. The van der Waals surface area contributed by atoms with E-state index >= 15 is 0 Å². The highest BCUT2D eigenvalue weighted by Gasteiger charge is 2.10. The Kier molecular flexibility index (Phi) is 5.35. The molecule has 0 radical (unpaired) electrons. The van der Waals surface area contributed by atoms with Crippen molar-refractivity contribution in [3.05, 3.63) is 53.2 Å². The van der Waals surface area contributed by atoms with Crippen LogP contribution in [0.25, 0.3) is 10.8 Å². The smallest absolute Gasteiger partial charge is 0.306 e. The molecule has 25 heavy (non-hydrogen) atoms. The summed E-state index contributed by atoms with van der Waals surface area (Å²) in [7, 11) is 1.49. The maximum absolute atomic E-state index is 11.9. The number of furan rings is 1. The van der Waals surface area contributed by atoms with Crippen molar-refractivity contribution in [3.8, 4) is 22.3 Å². The molecule has 0 spiro atoms. The van der Waals surface area contributed by atoms with E-state index < -0.39 is 0 Å². The van der Waals surface area contributed by atoms with Gasteiger partial charge < -0.3 is 19.0 Å². The molecular formula is C18H17NO5S. The molecule has 3 rings (SSSR count). The molecule has 0 amide bonds. The molecule has 0 saturated carbocycles. The van der Waals surface area contributed by atoms with Crippen molar-refractivity contribution in [3.63, 3.8) is 0 Å². The number of thiazole rings is 1. The summed E-state index contributed by atoms with van der Waals surface area (Å²) in [6.45, 7) is 0.129. The molecule has 2 aromatic heterocycles. The lowest BCUT2D eigenvalue weighted by Gasteiger charge is -2.06. The first kappa shape index (κ1) is 17.0. The van der Waals surface area contributed by atoms with Crippen LogP contribution in [0.15, 0.2) is 46.4 Å². The predicted octanol–water partition coefficient (Wildman–Crippen LogP) is 3.79. The monoisotopic (exact) mass is 359 g/mol. The molecular weight excluding hydrogens is 342 g/mol. The molecule has 3 aromatic rings. The van der Waals surface area contributed by atoms with E-state index in [1.54, 1.807) is 24.5 Å². The number of ether oxygens (including phenoxy) is 2. The summed E-state index contributed by atoms with van der Waals surface area (Å²) < 4.78 is 15.5. The minimum atomic E-state index is -0.317. The molecule has 6 nitrogen and oxygen atoms in total. The van der Waals surface area contributed by atoms with Crippen molar-refractivity contribution >= 4 is 17.3 Å². The predicted molar refractivity (Wildman–Crippen MR) is 92.6 cm³/mol. The minimum absolute atomic E-state index is 0.0568. The maximum Gasteiger partial charge on any atom is 0.306 e. The summed E-state index contributed by atoms with van der Waals surface area (Å²) in [6, 6.07) is 8.69. The zero-order valence-corrected chi connectivity index (χ0v) is 14.4. The molecule has 2 heterocycles. The van der Waals surface area contributed by atoms with Gasteiger partial charge in [0, 0.05) is 11.8 Å². The first-order valence-electron chi connectivity index (χ1n) is 7.65. The van der Waals surface area contributed by atoms with Gasteiger partial charge in [-0.15, -0.1) is 11.3 Å². The minimum Gasteiger partial charge on any atom is -0.504 e. The highest BCUT2D eigenvalue weighted by Crippen LogP contribution is 2.27. The number of carbonyl (C=O) groups excluding carboxylic acids is 1. The molecule has 130 valence electrons. The van der Waals surface area contributed by atoms with Gasteiger partial charge in [-0.2, -0.15) is 0 Å². The molecule has 1 N–H and O–H groups in total. The number of benzene rings is 1. The lowest BCUT2D eigenvalue weighted by atomic mass is 10.1. The van der Waals surface area contributed by atoms with E-state index in [4.69, 9.17) is 13.9 Å². The van der Waals surface area contributed by atoms with Crippen LogP contribution in [0.1, 0.15) is 17.7 Å². The molecule has 0 fully saturated rings. The topological polar surface area (TPSA) is 81.8 Å². The Balaban J connectivity index is 1.47. The van der Waals surface area contributed by atoms with E-state index in [0.29, 0.717) is 23.6 Å². The molecule has 0 atom stereocenters. The molecule has 0 aliphatic rings. The Labute approximate surface area is 148 Å². The van der Waals surface area contributed by atoms with Crippen molar-refractivity contribution < 1.29 is 23.8 Å². The summed E-state index contributed by atoms with van der Waals surface area (Å²) in [5, 5.41) is 12.3. The van der Waals surface area contributed by atoms with Gasteiger partial charge in [-0.3, -0.25) is 4.79 Å². The number of aryl methyl sites for hydroxylation is 1. The van der Waals surface area contributed by atoms with Crippen LogP contribution in [0, 0.1) is 0 Å². The van der Waals surface area contributed by atoms with Crippen LogP contribution in [-0.4, -0.2) is 23.2 Å². The Hall–Kier alpha value is -2.80. The molecule has 0 unspecified atom stereocenters. The second-order valence-corrected chi connectivity index (χ2v) is 6.15. The third-order valence-corrected chi connectivity index (χ3v) is 4.43. The van der Waals surface area contributed by atoms with E-state index in [9.17, 15) is 9.90 Å². The average molecular weight is 359 g/mol. The molecule has 7 heteroatoms. The number of rotatable bonds is 7. The summed E-state index contributed by atoms with van der Waals surface area (Å²) in [6.07, 6.45) is 2.29. The first-order chi connectivity index (χ1) is 12.2. The van der Waals surface area contributed by atoms with Crippen molar-refractivity contribution in [2.75, 3.05) is 7.11 Å². The third-order valence-electron chi connectivity index (χ3n) is 3.53. The Bertz CT molecular complexity index is 841. The normalized spacial score (nSPS) is 10.6. The van der Waals surface area contributed by atoms with E-state index in [-0.39, 0.29) is 24.7 Å². The number of carbonyl (C=O) groups is 1. The van der Waals surface area contributed by atoms with Crippen LogP contribution in [0.4, 0.5) is 0 Å². The lowest BCUT2D eigenvalue weighted by molar-refractivity contribution is -0.145. The molecule has 0 bridgehead atoms. The number of hydrogen-bond acceptors (Lipinski definition) is 7. The fraction of sp³-hybridized carbons (Fsp3) is 0.222. The van der Waals surface area contributed by atoms with Gasteiger partial charge in [0.1, 0.15) is 6.61 Å². The third kappa shape index (κ3) is 4.39. The number of aromatic hydroxyl groups is 1. The number of aromatic nitrogens is 1. The van der Waals surface area contributed by atoms with Crippen molar-refractivity contribution in [1.82, 2.24) is 4.98 Å². The van der Waals surface area contributed by atoms with Gasteiger partial charge in [0.2, 0.25) is 0 Å². The largest absolute Gasteiger partial charge is 0.504 e. The fourth-order valence-electron chi connectivity index (χ4n) is 2.25. The standard InChI is InChI=1S/C18H17NO5S/c1-22-15-6-4-12(9-14(15)20)5-7-17(21)24-10-13-11-25-18(19-13)16-3-2-8-23-16/h2-4,6,8-9,11,20H,5,7,10H2,1H3. The second-order valence-electron chi connectivity index (χ2n) is 5.29. The van der Waals surface area contributed by atoms with Crippen molar-refractivity contribution in [2.24, 2.45) is 0 Å². The average Bonchev–Trinajstić information content (AvgIpc) is 3.29. The molecule has 0 aliphatic heterocycles. The lowest BCUT2D eigenvalue weighted by Crippen LogP contribution is -2.06. The zero-order valence-electron chi connectivity index (χ0n) is 13.6. The quantitative estimate of drug-likeness (QED) is 0.646. The van der Waals surface area contributed by atoms with Gasteiger partial charge in [0.15, 0.2) is 22.3 Å². The van der Waals surface area contributed by atoms with Gasteiger partial charge in [0.05, 0.1) is 19.1 Å². The number of phenolic OH excluding ortho intramolecular Hbond substituents is 1. The first-order valence-corrected chi connectivity index (χ1v) is 8.53. The van der Waals surface area contributed by atoms with Crippen LogP contribution in [-0.2, 0) is 22.6 Å². The van der Waals surface area contributed by atoms with Crippen LogP contribution in [0.3, 0.4) is 0 Å². The number of nitrogens with zero attached hydrogens (tertiary/aromatic N) is 1. The van der Waals surface area contributed by atoms with Crippen molar-refractivity contribution in [2.45, 2.75) is 19.4 Å². The SMILES string of the molecule is COc1ccc(CCC(=O)OCc2csc(-c3ccco3)n2)cc1O.